The van der Waals surface area contributed by atoms with Gasteiger partial charge in [0.15, 0.2) is 11.6 Å². The van der Waals surface area contributed by atoms with Gasteiger partial charge in [-0.25, -0.2) is 22.3 Å². The molecule has 0 bridgehead atoms. The topological polar surface area (TPSA) is 107 Å². The van der Waals surface area contributed by atoms with Crippen LogP contribution in [0.3, 0.4) is 0 Å². The highest BCUT2D eigenvalue weighted by atomic mass is 79.9. The molecule has 0 saturated heterocycles. The number of hydrogen-bond acceptors (Lipinski definition) is 5. The van der Waals surface area contributed by atoms with E-state index in [0.717, 1.165) is 6.20 Å². The first kappa shape index (κ1) is 18.0. The minimum atomic E-state index is -3.67. The Morgan fingerprint density at radius 3 is 2.84 bits per heavy atom. The maximum absolute atomic E-state index is 13.6. The van der Waals surface area contributed by atoms with Crippen molar-refractivity contribution in [2.75, 3.05) is 5.73 Å². The molecular formula is C15H16BrFN4O3S. The number of nitrogens with two attached hydrogens (primary N) is 1. The molecule has 2 atom stereocenters. The smallest absolute Gasteiger partial charge is 0.349 e. The third kappa shape index (κ3) is 3.91. The molecule has 1 aliphatic rings. The third-order valence-corrected chi connectivity index (χ3v) is 6.17. The number of halogens is 2. The van der Waals surface area contributed by atoms with Gasteiger partial charge in [-0.3, -0.25) is 4.57 Å². The summed E-state index contributed by atoms with van der Waals surface area (Å²) in [5.74, 6) is -1.20. The minimum Gasteiger partial charge on any atom is -0.381 e. The molecule has 3 rings (SSSR count). The molecule has 1 saturated carbocycles. The van der Waals surface area contributed by atoms with Crippen molar-refractivity contribution in [3.63, 3.8) is 0 Å². The van der Waals surface area contributed by atoms with E-state index >= 15 is 0 Å². The fourth-order valence-corrected chi connectivity index (χ4v) is 4.84. The van der Waals surface area contributed by atoms with Crippen LogP contribution in [0.5, 0.6) is 0 Å². The zero-order valence-corrected chi connectivity index (χ0v) is 15.4. The largest absolute Gasteiger partial charge is 0.381 e. The first-order valence-corrected chi connectivity index (χ1v) is 9.86. The Bertz CT molecular complexity index is 963. The van der Waals surface area contributed by atoms with Crippen LogP contribution in [-0.2, 0) is 10.0 Å². The van der Waals surface area contributed by atoms with E-state index in [9.17, 15) is 17.6 Å². The monoisotopic (exact) mass is 430 g/mol. The van der Waals surface area contributed by atoms with Crippen molar-refractivity contribution in [1.82, 2.24) is 14.3 Å². The van der Waals surface area contributed by atoms with Gasteiger partial charge in [0, 0.05) is 22.8 Å². The number of anilines is 1. The van der Waals surface area contributed by atoms with Crippen LogP contribution >= 0.6 is 15.9 Å². The summed E-state index contributed by atoms with van der Waals surface area (Å²) in [6.07, 6.45) is 2.48. The molecule has 25 heavy (non-hydrogen) atoms. The van der Waals surface area contributed by atoms with Crippen molar-refractivity contribution in [1.29, 1.82) is 0 Å². The van der Waals surface area contributed by atoms with Gasteiger partial charge in [-0.15, -0.1) is 0 Å². The molecule has 10 heteroatoms. The third-order valence-electron chi connectivity index (χ3n) is 4.16. The zero-order valence-electron chi connectivity index (χ0n) is 13.0. The Morgan fingerprint density at radius 1 is 1.36 bits per heavy atom. The Kier molecular flexibility index (Phi) is 4.94. The van der Waals surface area contributed by atoms with Crippen molar-refractivity contribution in [2.24, 2.45) is 0 Å². The molecule has 1 fully saturated rings. The molecule has 1 aromatic carbocycles. The molecule has 134 valence electrons. The van der Waals surface area contributed by atoms with Crippen LogP contribution in [0, 0.1) is 5.82 Å². The van der Waals surface area contributed by atoms with Gasteiger partial charge in [-0.2, -0.15) is 4.98 Å². The molecule has 1 aliphatic carbocycles. The SMILES string of the molecule is Nc1nc(=O)n([C@@H]2CC[C@@H](NS(=O)(=O)c3cccc(Br)c3)C2)cc1F. The molecule has 0 amide bonds. The van der Waals surface area contributed by atoms with Crippen LogP contribution in [0.4, 0.5) is 10.2 Å². The number of nitrogen functional groups attached to an aromatic ring is 1. The summed E-state index contributed by atoms with van der Waals surface area (Å²) in [5.41, 5.74) is 4.64. The summed E-state index contributed by atoms with van der Waals surface area (Å²) < 4.78 is 43.0. The minimum absolute atomic E-state index is 0.155. The lowest BCUT2D eigenvalue weighted by molar-refractivity contribution is 0.461. The fraction of sp³-hybridized carbons (Fsp3) is 0.333. The van der Waals surface area contributed by atoms with Crippen molar-refractivity contribution in [3.8, 4) is 0 Å². The lowest BCUT2D eigenvalue weighted by atomic mass is 10.2. The zero-order chi connectivity index (χ0) is 18.2. The van der Waals surface area contributed by atoms with E-state index in [1.54, 1.807) is 12.1 Å². The van der Waals surface area contributed by atoms with E-state index in [4.69, 9.17) is 5.73 Å². The molecule has 0 unspecified atom stereocenters. The van der Waals surface area contributed by atoms with E-state index in [2.05, 4.69) is 25.6 Å². The van der Waals surface area contributed by atoms with Gasteiger partial charge in [0.05, 0.1) is 4.90 Å². The van der Waals surface area contributed by atoms with Gasteiger partial charge in [0.2, 0.25) is 10.0 Å². The molecule has 0 radical (unpaired) electrons. The van der Waals surface area contributed by atoms with E-state index in [1.165, 1.54) is 16.7 Å². The summed E-state index contributed by atoms with van der Waals surface area (Å²) in [6, 6.07) is 5.71. The van der Waals surface area contributed by atoms with Crippen LogP contribution in [0.1, 0.15) is 25.3 Å². The number of sulfonamides is 1. The van der Waals surface area contributed by atoms with Gasteiger partial charge >= 0.3 is 5.69 Å². The van der Waals surface area contributed by atoms with E-state index in [1.807, 2.05) is 0 Å². The number of rotatable bonds is 4. The van der Waals surface area contributed by atoms with Gasteiger partial charge < -0.3 is 5.73 Å². The van der Waals surface area contributed by atoms with Gasteiger partial charge in [0.1, 0.15) is 0 Å². The van der Waals surface area contributed by atoms with E-state index in [0.29, 0.717) is 23.7 Å². The summed E-state index contributed by atoms with van der Waals surface area (Å²) in [7, 11) is -3.67. The van der Waals surface area contributed by atoms with Gasteiger partial charge in [-0.05, 0) is 37.5 Å². The summed E-state index contributed by atoms with van der Waals surface area (Å²) in [6.45, 7) is 0. The number of benzene rings is 1. The average molecular weight is 431 g/mol. The summed E-state index contributed by atoms with van der Waals surface area (Å²) >= 11 is 3.25. The second-order valence-corrected chi connectivity index (χ2v) is 8.54. The lowest BCUT2D eigenvalue weighted by Crippen LogP contribution is -2.34. The molecule has 0 spiro atoms. The van der Waals surface area contributed by atoms with Crippen molar-refractivity contribution in [2.45, 2.75) is 36.2 Å². The average Bonchev–Trinajstić information content (AvgIpc) is 2.98. The van der Waals surface area contributed by atoms with Crippen LogP contribution in [0.25, 0.3) is 0 Å². The Balaban J connectivity index is 1.75. The molecule has 1 heterocycles. The number of nitrogens with one attached hydrogen (secondary N) is 1. The van der Waals surface area contributed by atoms with Crippen molar-refractivity contribution >= 4 is 31.8 Å². The fourth-order valence-electron chi connectivity index (χ4n) is 2.96. The van der Waals surface area contributed by atoms with E-state index < -0.39 is 27.3 Å². The number of aromatic nitrogens is 2. The van der Waals surface area contributed by atoms with Crippen molar-refractivity contribution in [3.05, 3.63) is 51.2 Å². The molecule has 3 N–H and O–H groups in total. The highest BCUT2D eigenvalue weighted by molar-refractivity contribution is 9.10. The molecular weight excluding hydrogens is 415 g/mol. The highest BCUT2D eigenvalue weighted by Gasteiger charge is 2.30. The van der Waals surface area contributed by atoms with Gasteiger partial charge in [-0.1, -0.05) is 22.0 Å². The standard InChI is InChI=1S/C15H16BrFN4O3S/c16-9-2-1-3-12(6-9)25(23,24)20-10-4-5-11(7-10)21-8-13(17)14(18)19-15(21)22/h1-3,6,8,10-11,20H,4-5,7H2,(H2,18,19,22)/t10-,11-/m1/s1. The second-order valence-electron chi connectivity index (χ2n) is 5.91. The second kappa shape index (κ2) is 6.85. The Labute approximate surface area is 152 Å². The Morgan fingerprint density at radius 2 is 2.12 bits per heavy atom. The van der Waals surface area contributed by atoms with Crippen LogP contribution < -0.4 is 16.1 Å². The van der Waals surface area contributed by atoms with Crippen molar-refractivity contribution < 1.29 is 12.8 Å². The first-order valence-electron chi connectivity index (χ1n) is 7.58. The maximum Gasteiger partial charge on any atom is 0.349 e. The summed E-state index contributed by atoms with van der Waals surface area (Å²) in [4.78, 5) is 15.5. The quantitative estimate of drug-likeness (QED) is 0.768. The predicted octanol–water partition coefficient (Wildman–Crippen LogP) is 1.80. The predicted molar refractivity (Wildman–Crippen MR) is 94.0 cm³/mol. The van der Waals surface area contributed by atoms with Gasteiger partial charge in [0.25, 0.3) is 0 Å². The molecule has 2 aromatic rings. The van der Waals surface area contributed by atoms with E-state index in [-0.39, 0.29) is 17.0 Å². The molecule has 7 nitrogen and oxygen atoms in total. The van der Waals surface area contributed by atoms with Crippen LogP contribution in [0.15, 0.2) is 44.6 Å². The number of nitrogens with zero attached hydrogens (tertiary/aromatic N) is 2. The summed E-state index contributed by atoms with van der Waals surface area (Å²) in [5, 5.41) is 0. The number of hydrogen-bond donors (Lipinski definition) is 2. The Hall–Kier alpha value is -1.78. The van der Waals surface area contributed by atoms with Crippen LogP contribution in [-0.4, -0.2) is 24.0 Å². The molecule has 1 aromatic heterocycles. The first-order chi connectivity index (χ1) is 11.8. The molecule has 0 aliphatic heterocycles. The van der Waals surface area contributed by atoms with Crippen LogP contribution in [0.2, 0.25) is 0 Å². The highest BCUT2D eigenvalue weighted by Crippen LogP contribution is 2.30. The normalized spacial score (nSPS) is 20.7. The maximum atomic E-state index is 13.6. The lowest BCUT2D eigenvalue weighted by Gasteiger charge is -2.15.